The third-order valence-electron chi connectivity index (χ3n) is 3.47. The van der Waals surface area contributed by atoms with Gasteiger partial charge in [-0.3, -0.25) is 9.78 Å². The second-order valence-corrected chi connectivity index (χ2v) is 4.86. The Morgan fingerprint density at radius 3 is 3.12 bits per heavy atom. The Morgan fingerprint density at radius 2 is 2.41 bits per heavy atom. The van der Waals surface area contributed by atoms with Crippen LogP contribution < -0.4 is 5.73 Å². The van der Waals surface area contributed by atoms with Gasteiger partial charge in [0.1, 0.15) is 0 Å². The van der Waals surface area contributed by atoms with E-state index >= 15 is 0 Å². The van der Waals surface area contributed by atoms with E-state index in [1.807, 2.05) is 24.0 Å². The lowest BCUT2D eigenvalue weighted by molar-refractivity contribution is -0.137. The quantitative estimate of drug-likeness (QED) is 0.832. The molecule has 2 rings (SSSR count). The molecule has 1 atom stereocenters. The lowest BCUT2D eigenvalue weighted by Gasteiger charge is -2.34. The zero-order chi connectivity index (χ0) is 12.5. The molecule has 1 aromatic heterocycles. The van der Waals surface area contributed by atoms with Crippen molar-refractivity contribution >= 4 is 5.91 Å². The summed E-state index contributed by atoms with van der Waals surface area (Å²) in [4.78, 5) is 18.4. The highest BCUT2D eigenvalue weighted by molar-refractivity contribution is 5.85. The van der Waals surface area contributed by atoms with E-state index in [0.29, 0.717) is 13.0 Å². The highest BCUT2D eigenvalue weighted by atomic mass is 16.2. The van der Waals surface area contributed by atoms with Crippen molar-refractivity contribution in [1.29, 1.82) is 0 Å². The van der Waals surface area contributed by atoms with Crippen molar-refractivity contribution in [2.24, 2.45) is 5.73 Å². The molecule has 4 heteroatoms. The zero-order valence-electron chi connectivity index (χ0n) is 10.4. The van der Waals surface area contributed by atoms with E-state index in [4.69, 9.17) is 5.73 Å². The predicted molar refractivity (Wildman–Crippen MR) is 66.2 cm³/mol. The Balaban J connectivity index is 2.15. The van der Waals surface area contributed by atoms with Crippen LogP contribution in [0.15, 0.2) is 18.3 Å². The molecule has 1 unspecified atom stereocenters. The van der Waals surface area contributed by atoms with E-state index in [2.05, 4.69) is 4.98 Å². The Labute approximate surface area is 102 Å². The first-order chi connectivity index (χ1) is 8.04. The van der Waals surface area contributed by atoms with Crippen LogP contribution >= 0.6 is 0 Å². The van der Waals surface area contributed by atoms with E-state index in [0.717, 1.165) is 24.2 Å². The van der Waals surface area contributed by atoms with Crippen LogP contribution in [-0.2, 0) is 17.8 Å². The Kier molecular flexibility index (Phi) is 3.15. The summed E-state index contributed by atoms with van der Waals surface area (Å²) in [7, 11) is 0. The van der Waals surface area contributed by atoms with Gasteiger partial charge in [0.15, 0.2) is 0 Å². The molecule has 0 fully saturated rings. The molecule has 0 spiro atoms. The highest BCUT2D eigenvalue weighted by Crippen LogP contribution is 2.19. The number of aromatic nitrogens is 1. The average Bonchev–Trinajstić information content (AvgIpc) is 2.37. The molecule has 0 bridgehead atoms. The molecule has 1 aromatic rings. The summed E-state index contributed by atoms with van der Waals surface area (Å²) < 4.78 is 0. The van der Waals surface area contributed by atoms with Gasteiger partial charge >= 0.3 is 0 Å². The highest BCUT2D eigenvalue weighted by Gasteiger charge is 2.32. The standard InChI is InChI=1S/C13H19N3O/c1-3-13(2,14)12(17)16-8-6-11-10(9-16)5-4-7-15-11/h4-5,7H,3,6,8-9,14H2,1-2H3. The fourth-order valence-corrected chi connectivity index (χ4v) is 2.05. The summed E-state index contributed by atoms with van der Waals surface area (Å²) >= 11 is 0. The van der Waals surface area contributed by atoms with Gasteiger partial charge in [0.25, 0.3) is 0 Å². The molecule has 0 radical (unpaired) electrons. The van der Waals surface area contributed by atoms with Crippen molar-refractivity contribution in [2.45, 2.75) is 38.8 Å². The van der Waals surface area contributed by atoms with Gasteiger partial charge in [-0.05, 0) is 25.0 Å². The van der Waals surface area contributed by atoms with Gasteiger partial charge in [-0.15, -0.1) is 0 Å². The van der Waals surface area contributed by atoms with Gasteiger partial charge in [0.05, 0.1) is 5.54 Å². The maximum atomic E-state index is 12.2. The molecule has 2 N–H and O–H groups in total. The van der Waals surface area contributed by atoms with Crippen LogP contribution in [0.2, 0.25) is 0 Å². The van der Waals surface area contributed by atoms with Gasteiger partial charge in [-0.2, -0.15) is 0 Å². The number of carbonyl (C=O) groups excluding carboxylic acids is 1. The number of fused-ring (bicyclic) bond motifs is 1. The fraction of sp³-hybridized carbons (Fsp3) is 0.538. The maximum absolute atomic E-state index is 12.2. The summed E-state index contributed by atoms with van der Waals surface area (Å²) in [6.07, 6.45) is 3.28. The van der Waals surface area contributed by atoms with E-state index in [-0.39, 0.29) is 5.91 Å². The number of carbonyl (C=O) groups is 1. The first-order valence-electron chi connectivity index (χ1n) is 6.05. The Morgan fingerprint density at radius 1 is 1.65 bits per heavy atom. The molecule has 1 aliphatic rings. The first kappa shape index (κ1) is 12.0. The summed E-state index contributed by atoms with van der Waals surface area (Å²) in [5.41, 5.74) is 7.49. The average molecular weight is 233 g/mol. The molecule has 0 saturated heterocycles. The lowest BCUT2D eigenvalue weighted by Crippen LogP contribution is -2.53. The largest absolute Gasteiger partial charge is 0.336 e. The van der Waals surface area contributed by atoms with E-state index in [1.54, 1.807) is 13.1 Å². The minimum atomic E-state index is -0.750. The molecule has 0 aromatic carbocycles. The second-order valence-electron chi connectivity index (χ2n) is 4.86. The molecule has 92 valence electrons. The molecule has 0 saturated carbocycles. The van der Waals surface area contributed by atoms with Crippen LogP contribution in [0.3, 0.4) is 0 Å². The van der Waals surface area contributed by atoms with Gasteiger partial charge in [-0.25, -0.2) is 0 Å². The summed E-state index contributed by atoms with van der Waals surface area (Å²) in [5, 5.41) is 0. The van der Waals surface area contributed by atoms with Crippen molar-refractivity contribution in [3.63, 3.8) is 0 Å². The van der Waals surface area contributed by atoms with Gasteiger partial charge in [-0.1, -0.05) is 13.0 Å². The van der Waals surface area contributed by atoms with Crippen molar-refractivity contribution in [3.8, 4) is 0 Å². The van der Waals surface area contributed by atoms with Gasteiger partial charge in [0.2, 0.25) is 5.91 Å². The number of rotatable bonds is 2. The number of amides is 1. The second kappa shape index (κ2) is 4.45. The molecule has 1 aliphatic heterocycles. The van der Waals surface area contributed by atoms with Crippen LogP contribution in [0.1, 0.15) is 31.5 Å². The molecule has 4 nitrogen and oxygen atoms in total. The summed E-state index contributed by atoms with van der Waals surface area (Å²) in [6, 6.07) is 3.94. The first-order valence-corrected chi connectivity index (χ1v) is 6.05. The van der Waals surface area contributed by atoms with Gasteiger partial charge in [0, 0.05) is 31.4 Å². The predicted octanol–water partition coefficient (Wildman–Crippen LogP) is 1.09. The minimum Gasteiger partial charge on any atom is -0.336 e. The number of nitrogens with zero attached hydrogens (tertiary/aromatic N) is 2. The van der Waals surface area contributed by atoms with Crippen LogP contribution in [-0.4, -0.2) is 27.9 Å². The third-order valence-corrected chi connectivity index (χ3v) is 3.47. The summed E-state index contributed by atoms with van der Waals surface area (Å²) in [5.74, 6) is 0.0366. The van der Waals surface area contributed by atoms with E-state index in [1.165, 1.54) is 0 Å². The van der Waals surface area contributed by atoms with Crippen molar-refractivity contribution in [3.05, 3.63) is 29.6 Å². The van der Waals surface area contributed by atoms with Gasteiger partial charge < -0.3 is 10.6 Å². The fourth-order valence-electron chi connectivity index (χ4n) is 2.05. The Bertz CT molecular complexity index is 428. The number of hydrogen-bond donors (Lipinski definition) is 1. The maximum Gasteiger partial charge on any atom is 0.242 e. The lowest BCUT2D eigenvalue weighted by atomic mass is 9.96. The molecule has 2 heterocycles. The van der Waals surface area contributed by atoms with Crippen molar-refractivity contribution in [1.82, 2.24) is 9.88 Å². The van der Waals surface area contributed by atoms with Crippen LogP contribution in [0.25, 0.3) is 0 Å². The van der Waals surface area contributed by atoms with Crippen molar-refractivity contribution in [2.75, 3.05) is 6.54 Å². The Hall–Kier alpha value is -1.42. The summed E-state index contributed by atoms with van der Waals surface area (Å²) in [6.45, 7) is 5.09. The normalized spacial score (nSPS) is 18.4. The topological polar surface area (TPSA) is 59.2 Å². The number of hydrogen-bond acceptors (Lipinski definition) is 3. The molecule has 1 amide bonds. The molecule has 0 aliphatic carbocycles. The molecule has 17 heavy (non-hydrogen) atoms. The zero-order valence-corrected chi connectivity index (χ0v) is 10.4. The SMILES string of the molecule is CCC(C)(N)C(=O)N1CCc2ncccc2C1. The number of pyridine rings is 1. The monoisotopic (exact) mass is 233 g/mol. The van der Waals surface area contributed by atoms with Crippen LogP contribution in [0.4, 0.5) is 0 Å². The van der Waals surface area contributed by atoms with Crippen LogP contribution in [0.5, 0.6) is 0 Å². The molecular formula is C13H19N3O. The third kappa shape index (κ3) is 2.31. The molecular weight excluding hydrogens is 214 g/mol. The number of nitrogens with two attached hydrogens (primary N) is 1. The smallest absolute Gasteiger partial charge is 0.242 e. The van der Waals surface area contributed by atoms with Crippen LogP contribution in [0, 0.1) is 0 Å². The van der Waals surface area contributed by atoms with E-state index < -0.39 is 5.54 Å². The van der Waals surface area contributed by atoms with E-state index in [9.17, 15) is 4.79 Å². The van der Waals surface area contributed by atoms with Crippen molar-refractivity contribution < 1.29 is 4.79 Å². The minimum absolute atomic E-state index is 0.0366.